The summed E-state index contributed by atoms with van der Waals surface area (Å²) in [4.78, 5) is 29.1. The first-order valence-corrected chi connectivity index (χ1v) is 7.71. The number of hydrogen-bond donors (Lipinski definition) is 2. The Labute approximate surface area is 137 Å². The predicted molar refractivity (Wildman–Crippen MR) is 83.2 cm³/mol. The van der Waals surface area contributed by atoms with Gasteiger partial charge in [-0.25, -0.2) is 8.78 Å². The molecule has 0 aliphatic carbocycles. The maximum Gasteiger partial charge on any atom is 0.251 e. The molecule has 0 saturated carbocycles. The molecular formula is C17H17F2N3O2. The average molecular weight is 333 g/mol. The van der Waals surface area contributed by atoms with Crippen LogP contribution in [0.1, 0.15) is 34.9 Å². The van der Waals surface area contributed by atoms with Gasteiger partial charge in [-0.3, -0.25) is 9.59 Å². The lowest BCUT2D eigenvalue weighted by molar-refractivity contribution is -0.131. The fourth-order valence-electron chi connectivity index (χ4n) is 2.98. The van der Waals surface area contributed by atoms with Crippen LogP contribution < -0.4 is 5.32 Å². The zero-order chi connectivity index (χ0) is 17.1. The van der Waals surface area contributed by atoms with Crippen LogP contribution in [0.25, 0.3) is 0 Å². The van der Waals surface area contributed by atoms with Crippen molar-refractivity contribution in [3.05, 3.63) is 59.4 Å². The van der Waals surface area contributed by atoms with Gasteiger partial charge in [0.2, 0.25) is 5.91 Å². The monoisotopic (exact) mass is 333 g/mol. The summed E-state index contributed by atoms with van der Waals surface area (Å²) in [7, 11) is 0. The van der Waals surface area contributed by atoms with E-state index in [9.17, 15) is 18.4 Å². The number of aromatic amines is 1. The number of rotatable bonds is 4. The molecule has 24 heavy (non-hydrogen) atoms. The van der Waals surface area contributed by atoms with E-state index in [1.165, 1.54) is 0 Å². The Morgan fingerprint density at radius 2 is 2.00 bits per heavy atom. The number of hydrogen-bond acceptors (Lipinski definition) is 2. The van der Waals surface area contributed by atoms with Crippen molar-refractivity contribution in [3.8, 4) is 0 Å². The third kappa shape index (κ3) is 3.45. The van der Waals surface area contributed by atoms with Crippen molar-refractivity contribution >= 4 is 11.8 Å². The lowest BCUT2D eigenvalue weighted by Gasteiger charge is -2.24. The zero-order valence-electron chi connectivity index (χ0n) is 12.9. The molecule has 2 aromatic rings. The summed E-state index contributed by atoms with van der Waals surface area (Å²) in [6, 6.07) is 6.31. The smallest absolute Gasteiger partial charge is 0.251 e. The number of aromatic nitrogens is 1. The summed E-state index contributed by atoms with van der Waals surface area (Å²) in [5, 5.41) is 2.42. The number of likely N-dealkylation sites (tertiary alicyclic amines) is 1. The Balaban J connectivity index is 1.61. The lowest BCUT2D eigenvalue weighted by atomic mass is 10.1. The SMILES string of the molecule is O=C(NCC(=O)N1CCC[C@H]1c1ccc[nH]1)c1cc(F)cc(F)c1. The summed E-state index contributed by atoms with van der Waals surface area (Å²) < 4.78 is 26.3. The molecule has 2 amide bonds. The van der Waals surface area contributed by atoms with E-state index in [1.807, 2.05) is 12.1 Å². The highest BCUT2D eigenvalue weighted by molar-refractivity contribution is 5.96. The molecule has 1 aliphatic rings. The van der Waals surface area contributed by atoms with Crippen molar-refractivity contribution in [1.82, 2.24) is 15.2 Å². The number of nitrogens with one attached hydrogen (secondary N) is 2. The number of halogens is 2. The first kappa shape index (κ1) is 16.2. The summed E-state index contributed by atoms with van der Waals surface area (Å²) >= 11 is 0. The minimum absolute atomic E-state index is 0.0315. The van der Waals surface area contributed by atoms with Crippen molar-refractivity contribution < 1.29 is 18.4 Å². The zero-order valence-corrected chi connectivity index (χ0v) is 12.9. The number of amides is 2. The van der Waals surface area contributed by atoms with Crippen molar-refractivity contribution in [2.24, 2.45) is 0 Å². The maximum atomic E-state index is 13.1. The van der Waals surface area contributed by atoms with Crippen molar-refractivity contribution in [2.75, 3.05) is 13.1 Å². The van der Waals surface area contributed by atoms with Crippen LogP contribution in [0.4, 0.5) is 8.78 Å². The standard InChI is InChI=1S/C17H17F2N3O2/c18-12-7-11(8-13(19)9-12)17(24)21-10-16(23)22-6-2-4-15(22)14-3-1-5-20-14/h1,3,5,7-9,15,20H,2,4,6,10H2,(H,21,24)/t15-/m0/s1. The molecule has 0 radical (unpaired) electrons. The molecule has 7 heteroatoms. The summed E-state index contributed by atoms with van der Waals surface area (Å²) in [6.07, 6.45) is 3.55. The average Bonchev–Trinajstić information content (AvgIpc) is 3.21. The Bertz CT molecular complexity index is 726. The molecule has 1 aromatic heterocycles. The molecule has 2 heterocycles. The number of nitrogens with zero attached hydrogens (tertiary/aromatic N) is 1. The molecule has 3 rings (SSSR count). The highest BCUT2D eigenvalue weighted by atomic mass is 19.1. The first-order chi connectivity index (χ1) is 11.5. The van der Waals surface area contributed by atoms with Gasteiger partial charge < -0.3 is 15.2 Å². The third-order valence-corrected chi connectivity index (χ3v) is 4.08. The van der Waals surface area contributed by atoms with Crippen LogP contribution in [0, 0.1) is 11.6 Å². The minimum Gasteiger partial charge on any atom is -0.363 e. The van der Waals surface area contributed by atoms with Gasteiger partial charge >= 0.3 is 0 Å². The summed E-state index contributed by atoms with van der Waals surface area (Å²) in [6.45, 7) is 0.404. The molecule has 1 saturated heterocycles. The van der Waals surface area contributed by atoms with Gasteiger partial charge in [0, 0.05) is 30.1 Å². The molecule has 5 nitrogen and oxygen atoms in total. The van der Waals surface area contributed by atoms with Crippen LogP contribution in [-0.2, 0) is 4.79 Å². The maximum absolute atomic E-state index is 13.1. The van der Waals surface area contributed by atoms with Crippen LogP contribution in [0.15, 0.2) is 36.5 Å². The molecule has 1 aromatic carbocycles. The molecule has 0 spiro atoms. The molecular weight excluding hydrogens is 316 g/mol. The van der Waals surface area contributed by atoms with E-state index in [-0.39, 0.29) is 24.1 Å². The second kappa shape index (κ2) is 6.82. The molecule has 1 fully saturated rings. The quantitative estimate of drug-likeness (QED) is 0.902. The molecule has 1 atom stereocenters. The molecule has 0 bridgehead atoms. The van der Waals surface area contributed by atoms with Gasteiger partial charge in [-0.15, -0.1) is 0 Å². The number of carbonyl (C=O) groups excluding carboxylic acids is 2. The Kier molecular flexibility index (Phi) is 4.59. The Hall–Kier alpha value is -2.70. The van der Waals surface area contributed by atoms with Crippen molar-refractivity contribution in [2.45, 2.75) is 18.9 Å². The number of benzene rings is 1. The minimum atomic E-state index is -0.835. The van der Waals surface area contributed by atoms with Crippen molar-refractivity contribution in [3.63, 3.8) is 0 Å². The van der Waals surface area contributed by atoms with Gasteiger partial charge in [0.05, 0.1) is 12.6 Å². The van der Waals surface area contributed by atoms with E-state index in [2.05, 4.69) is 10.3 Å². The first-order valence-electron chi connectivity index (χ1n) is 7.71. The second-order valence-electron chi connectivity index (χ2n) is 5.71. The van der Waals surface area contributed by atoms with Crippen molar-refractivity contribution in [1.29, 1.82) is 0 Å². The fraction of sp³-hybridized carbons (Fsp3) is 0.294. The number of H-pyrrole nitrogens is 1. The molecule has 1 aliphatic heterocycles. The lowest BCUT2D eigenvalue weighted by Crippen LogP contribution is -2.40. The molecule has 0 unspecified atom stereocenters. The van der Waals surface area contributed by atoms with Gasteiger partial charge in [-0.05, 0) is 37.1 Å². The highest BCUT2D eigenvalue weighted by Crippen LogP contribution is 2.30. The third-order valence-electron chi connectivity index (χ3n) is 4.08. The van der Waals surface area contributed by atoms with E-state index in [0.29, 0.717) is 12.6 Å². The highest BCUT2D eigenvalue weighted by Gasteiger charge is 2.30. The van der Waals surface area contributed by atoms with Crippen LogP contribution in [0.5, 0.6) is 0 Å². The van der Waals surface area contributed by atoms with Crippen LogP contribution in [-0.4, -0.2) is 34.8 Å². The van der Waals surface area contributed by atoms with Gasteiger partial charge in [-0.1, -0.05) is 0 Å². The second-order valence-corrected chi connectivity index (χ2v) is 5.71. The van der Waals surface area contributed by atoms with Gasteiger partial charge in [-0.2, -0.15) is 0 Å². The van der Waals surface area contributed by atoms with Gasteiger partial charge in [0.15, 0.2) is 0 Å². The van der Waals surface area contributed by atoms with Gasteiger partial charge in [0.1, 0.15) is 11.6 Å². The number of carbonyl (C=O) groups is 2. The van der Waals surface area contributed by atoms with Crippen LogP contribution >= 0.6 is 0 Å². The van der Waals surface area contributed by atoms with E-state index < -0.39 is 17.5 Å². The predicted octanol–water partition coefficient (Wildman–Crippen LogP) is 2.39. The normalized spacial score (nSPS) is 17.1. The van der Waals surface area contributed by atoms with E-state index >= 15 is 0 Å². The fourth-order valence-corrected chi connectivity index (χ4v) is 2.98. The molecule has 126 valence electrons. The van der Waals surface area contributed by atoms with E-state index in [0.717, 1.165) is 30.7 Å². The Morgan fingerprint density at radius 1 is 1.25 bits per heavy atom. The summed E-state index contributed by atoms with van der Waals surface area (Å²) in [5.74, 6) is -2.58. The topological polar surface area (TPSA) is 65.2 Å². The van der Waals surface area contributed by atoms with Crippen LogP contribution in [0.2, 0.25) is 0 Å². The van der Waals surface area contributed by atoms with E-state index in [4.69, 9.17) is 0 Å². The van der Waals surface area contributed by atoms with Gasteiger partial charge in [0.25, 0.3) is 5.91 Å². The Morgan fingerprint density at radius 3 is 2.67 bits per heavy atom. The van der Waals surface area contributed by atoms with Crippen LogP contribution in [0.3, 0.4) is 0 Å². The molecule has 2 N–H and O–H groups in total. The summed E-state index contributed by atoms with van der Waals surface area (Å²) in [5.41, 5.74) is 0.807. The van der Waals surface area contributed by atoms with E-state index in [1.54, 1.807) is 11.1 Å². The largest absolute Gasteiger partial charge is 0.363 e.